The molecule has 29 heavy (non-hydrogen) atoms. The first-order valence-corrected chi connectivity index (χ1v) is 11.8. The van der Waals surface area contributed by atoms with E-state index in [-0.39, 0.29) is 23.6 Å². The van der Waals surface area contributed by atoms with E-state index < -0.39 is 15.7 Å². The fraction of sp³-hybridized carbons (Fsp3) is 0.682. The van der Waals surface area contributed by atoms with Crippen LogP contribution in [0.4, 0.5) is 4.79 Å². The molecule has 1 aromatic rings. The van der Waals surface area contributed by atoms with Crippen LogP contribution in [0.1, 0.15) is 59.4 Å². The lowest BCUT2D eigenvalue weighted by molar-refractivity contribution is -0.00371. The van der Waals surface area contributed by atoms with Crippen LogP contribution in [0.5, 0.6) is 0 Å². The Kier molecular flexibility index (Phi) is 7.74. The summed E-state index contributed by atoms with van der Waals surface area (Å²) in [5.74, 6) is 0.608. The smallest absolute Gasteiger partial charge is 0.410 e. The van der Waals surface area contributed by atoms with Crippen LogP contribution in [0.15, 0.2) is 29.2 Å². The van der Waals surface area contributed by atoms with Crippen LogP contribution in [-0.2, 0) is 19.0 Å². The normalized spacial score (nSPS) is 20.7. The van der Waals surface area contributed by atoms with Crippen molar-refractivity contribution in [2.75, 3.05) is 13.2 Å². The molecule has 1 aliphatic rings. The zero-order chi connectivity index (χ0) is 21.8. The molecule has 0 bridgehead atoms. The van der Waals surface area contributed by atoms with Gasteiger partial charge in [-0.15, -0.1) is 0 Å². The minimum atomic E-state index is -3.74. The van der Waals surface area contributed by atoms with Crippen molar-refractivity contribution in [3.63, 3.8) is 0 Å². The van der Waals surface area contributed by atoms with Gasteiger partial charge in [0.2, 0.25) is 0 Å². The van der Waals surface area contributed by atoms with E-state index >= 15 is 0 Å². The van der Waals surface area contributed by atoms with Gasteiger partial charge in [-0.25, -0.2) is 4.79 Å². The number of amides is 1. The van der Waals surface area contributed by atoms with Gasteiger partial charge in [0.25, 0.3) is 10.1 Å². The van der Waals surface area contributed by atoms with Crippen molar-refractivity contribution in [1.29, 1.82) is 0 Å². The third-order valence-corrected chi connectivity index (χ3v) is 6.55. The molecule has 1 aliphatic heterocycles. The second kappa shape index (κ2) is 9.47. The lowest BCUT2D eigenvalue weighted by atomic mass is 9.84. The first-order valence-electron chi connectivity index (χ1n) is 10.3. The molecule has 1 heterocycles. The van der Waals surface area contributed by atoms with Crippen LogP contribution in [0.25, 0.3) is 0 Å². The summed E-state index contributed by atoms with van der Waals surface area (Å²) in [7, 11) is -3.74. The van der Waals surface area contributed by atoms with Gasteiger partial charge >= 0.3 is 6.09 Å². The molecule has 1 amide bonds. The topological polar surface area (TPSA) is 72.9 Å². The highest BCUT2D eigenvalue weighted by Gasteiger charge is 2.35. The maximum atomic E-state index is 12.6. The van der Waals surface area contributed by atoms with E-state index in [1.165, 1.54) is 0 Å². The Labute approximate surface area is 175 Å². The minimum Gasteiger partial charge on any atom is -0.444 e. The van der Waals surface area contributed by atoms with E-state index in [2.05, 4.69) is 13.8 Å². The van der Waals surface area contributed by atoms with Crippen molar-refractivity contribution < 1.29 is 22.1 Å². The number of rotatable bonds is 6. The van der Waals surface area contributed by atoms with Crippen molar-refractivity contribution >= 4 is 16.2 Å². The van der Waals surface area contributed by atoms with E-state index in [9.17, 15) is 13.2 Å². The third kappa shape index (κ3) is 7.00. The number of ether oxygens (including phenoxy) is 1. The van der Waals surface area contributed by atoms with Crippen LogP contribution < -0.4 is 0 Å². The van der Waals surface area contributed by atoms with Crippen molar-refractivity contribution in [1.82, 2.24) is 4.90 Å². The number of nitrogens with zero attached hydrogens (tertiary/aromatic N) is 1. The Morgan fingerprint density at radius 1 is 1.21 bits per heavy atom. The zero-order valence-electron chi connectivity index (χ0n) is 18.5. The molecule has 0 radical (unpaired) electrons. The van der Waals surface area contributed by atoms with Gasteiger partial charge in [-0.1, -0.05) is 31.5 Å². The van der Waals surface area contributed by atoms with Gasteiger partial charge in [0.05, 0.1) is 11.5 Å². The predicted molar refractivity (Wildman–Crippen MR) is 113 cm³/mol. The average Bonchev–Trinajstić information content (AvgIpc) is 2.60. The molecule has 6 nitrogen and oxygen atoms in total. The van der Waals surface area contributed by atoms with Crippen molar-refractivity contribution in [2.45, 2.75) is 77.3 Å². The quantitative estimate of drug-likeness (QED) is 0.614. The Balaban J connectivity index is 1.91. The lowest BCUT2D eigenvalue weighted by Crippen LogP contribution is -2.50. The summed E-state index contributed by atoms with van der Waals surface area (Å²) in [6.07, 6.45) is 2.02. The highest BCUT2D eigenvalue weighted by molar-refractivity contribution is 7.86. The number of hydrogen-bond donors (Lipinski definition) is 0. The molecule has 0 aromatic heterocycles. The SMILES string of the molecule is Cc1ccc(S(=O)(=O)OCC[C@@H]2CCN(C(=O)OC(C)(C)C)[C@H](C(C)C)C2)cc1. The van der Waals surface area contributed by atoms with Gasteiger partial charge in [-0.3, -0.25) is 4.18 Å². The fourth-order valence-corrected chi connectivity index (χ4v) is 4.53. The molecular weight excluding hydrogens is 390 g/mol. The average molecular weight is 426 g/mol. The summed E-state index contributed by atoms with van der Waals surface area (Å²) in [6.45, 7) is 12.5. The van der Waals surface area contributed by atoms with E-state index in [1.54, 1.807) is 24.3 Å². The molecule has 7 heteroatoms. The number of carbonyl (C=O) groups excluding carboxylic acids is 1. The van der Waals surface area contributed by atoms with Gasteiger partial charge in [0.1, 0.15) is 5.60 Å². The molecule has 164 valence electrons. The number of carbonyl (C=O) groups is 1. The summed E-state index contributed by atoms with van der Waals surface area (Å²) in [4.78, 5) is 14.6. The summed E-state index contributed by atoms with van der Waals surface area (Å²) in [5, 5.41) is 0. The van der Waals surface area contributed by atoms with Gasteiger partial charge in [-0.2, -0.15) is 8.42 Å². The molecule has 1 saturated heterocycles. The molecule has 0 N–H and O–H groups in total. The third-order valence-electron chi connectivity index (χ3n) is 5.23. The monoisotopic (exact) mass is 425 g/mol. The molecule has 2 rings (SSSR count). The maximum absolute atomic E-state index is 12.6. The number of piperidine rings is 1. The predicted octanol–water partition coefficient (Wildman–Crippen LogP) is 4.76. The van der Waals surface area contributed by atoms with Gasteiger partial charge in [0, 0.05) is 12.6 Å². The fourth-order valence-electron chi connectivity index (χ4n) is 3.61. The van der Waals surface area contributed by atoms with Crippen LogP contribution >= 0.6 is 0 Å². The van der Waals surface area contributed by atoms with E-state index in [4.69, 9.17) is 8.92 Å². The van der Waals surface area contributed by atoms with Crippen molar-refractivity contribution in [3.05, 3.63) is 29.8 Å². The highest BCUT2D eigenvalue weighted by Crippen LogP contribution is 2.31. The Bertz CT molecular complexity index is 780. The van der Waals surface area contributed by atoms with Gasteiger partial charge in [0.15, 0.2) is 0 Å². The number of aryl methyl sites for hydroxylation is 1. The molecule has 2 atom stereocenters. The molecule has 0 aliphatic carbocycles. The number of likely N-dealkylation sites (tertiary alicyclic amines) is 1. The Hall–Kier alpha value is -1.60. The number of benzene rings is 1. The lowest BCUT2D eigenvalue weighted by Gasteiger charge is -2.42. The van der Waals surface area contributed by atoms with E-state index in [0.717, 1.165) is 18.4 Å². The molecule has 0 saturated carbocycles. The Morgan fingerprint density at radius 2 is 1.83 bits per heavy atom. The van der Waals surface area contributed by atoms with E-state index in [1.807, 2.05) is 32.6 Å². The van der Waals surface area contributed by atoms with Crippen molar-refractivity contribution in [2.24, 2.45) is 11.8 Å². The largest absolute Gasteiger partial charge is 0.444 e. The van der Waals surface area contributed by atoms with Crippen LogP contribution in [0.2, 0.25) is 0 Å². The van der Waals surface area contributed by atoms with Crippen LogP contribution in [0.3, 0.4) is 0 Å². The van der Waals surface area contributed by atoms with Crippen LogP contribution in [0, 0.1) is 18.8 Å². The second-order valence-corrected chi connectivity index (χ2v) is 10.9. The molecular formula is C22H35NO5S. The summed E-state index contributed by atoms with van der Waals surface area (Å²) in [5.41, 5.74) is 0.480. The van der Waals surface area contributed by atoms with Gasteiger partial charge in [-0.05, 0) is 70.9 Å². The van der Waals surface area contributed by atoms with Crippen LogP contribution in [-0.4, -0.2) is 44.2 Å². The molecule has 0 spiro atoms. The molecule has 1 aromatic carbocycles. The second-order valence-electron chi connectivity index (χ2n) is 9.25. The first-order chi connectivity index (χ1) is 13.4. The van der Waals surface area contributed by atoms with Gasteiger partial charge < -0.3 is 9.64 Å². The summed E-state index contributed by atoms with van der Waals surface area (Å²) >= 11 is 0. The molecule has 1 fully saturated rings. The maximum Gasteiger partial charge on any atom is 0.410 e. The summed E-state index contributed by atoms with van der Waals surface area (Å²) < 4.78 is 35.5. The Morgan fingerprint density at radius 3 is 2.38 bits per heavy atom. The van der Waals surface area contributed by atoms with Crippen molar-refractivity contribution in [3.8, 4) is 0 Å². The van der Waals surface area contributed by atoms with E-state index in [0.29, 0.717) is 24.8 Å². The summed E-state index contributed by atoms with van der Waals surface area (Å²) in [6, 6.07) is 6.74. The molecule has 0 unspecified atom stereocenters. The minimum absolute atomic E-state index is 0.0808. The number of hydrogen-bond acceptors (Lipinski definition) is 5. The highest BCUT2D eigenvalue weighted by atomic mass is 32.2. The first kappa shape index (κ1) is 23.7. The standard InChI is InChI=1S/C22H35NO5S/c1-16(2)20-15-18(11-13-23(20)21(24)28-22(4,5)6)12-14-27-29(25,26)19-9-7-17(3)8-10-19/h7-10,16,18,20H,11-15H2,1-6H3/t18-,20-/m0/s1. The zero-order valence-corrected chi connectivity index (χ0v) is 19.3.